The van der Waals surface area contributed by atoms with E-state index in [2.05, 4.69) is 29.4 Å². The first-order valence-electron chi connectivity index (χ1n) is 5.14. The van der Waals surface area contributed by atoms with Gasteiger partial charge in [0.25, 0.3) is 0 Å². The van der Waals surface area contributed by atoms with E-state index in [1.54, 1.807) is 0 Å². The molecule has 1 saturated heterocycles. The molecule has 1 unspecified atom stereocenters. The Balaban J connectivity index is 1.92. The van der Waals surface area contributed by atoms with Gasteiger partial charge in [0.1, 0.15) is 0 Å². The molecule has 1 N–H and O–H groups in total. The van der Waals surface area contributed by atoms with E-state index in [9.17, 15) is 0 Å². The Bertz CT molecular complexity index is 278. The average molecular weight is 208 g/mol. The highest BCUT2D eigenvalue weighted by Gasteiger charge is 2.14. The number of piperidine rings is 1. The second-order valence-electron chi connectivity index (χ2n) is 3.76. The van der Waals surface area contributed by atoms with Gasteiger partial charge in [0.15, 0.2) is 0 Å². The number of hydrogen-bond acceptors (Lipinski definition) is 3. The second kappa shape index (κ2) is 4.80. The van der Waals surface area contributed by atoms with Crippen LogP contribution in [0.5, 0.6) is 0 Å². The Morgan fingerprint density at radius 2 is 2.43 bits per heavy atom. The highest BCUT2D eigenvalue weighted by Crippen LogP contribution is 2.25. The van der Waals surface area contributed by atoms with Crippen molar-refractivity contribution < 1.29 is 0 Å². The summed E-state index contributed by atoms with van der Waals surface area (Å²) in [4.78, 5) is 4.41. The molecule has 0 radical (unpaired) electrons. The third-order valence-electron chi connectivity index (χ3n) is 2.42. The summed E-state index contributed by atoms with van der Waals surface area (Å²) in [7, 11) is 0. The molecule has 3 heteroatoms. The van der Waals surface area contributed by atoms with Crippen molar-refractivity contribution in [2.45, 2.75) is 30.0 Å². The maximum absolute atomic E-state index is 4.41. The van der Waals surface area contributed by atoms with E-state index in [0.29, 0.717) is 5.25 Å². The topological polar surface area (TPSA) is 24.9 Å². The highest BCUT2D eigenvalue weighted by molar-refractivity contribution is 7.99. The zero-order valence-electron chi connectivity index (χ0n) is 8.49. The molecular weight excluding hydrogens is 192 g/mol. The van der Waals surface area contributed by atoms with Crippen molar-refractivity contribution >= 4 is 11.8 Å². The van der Waals surface area contributed by atoms with Gasteiger partial charge in [-0.05, 0) is 37.9 Å². The number of aryl methyl sites for hydroxylation is 1. The zero-order chi connectivity index (χ0) is 9.80. The summed E-state index contributed by atoms with van der Waals surface area (Å²) < 4.78 is 0. The lowest BCUT2D eigenvalue weighted by molar-refractivity contribution is 0.531. The standard InChI is InChI=1S/C11H16N2S/c1-9-4-5-11(13-7-9)14-10-3-2-6-12-8-10/h4-5,7,10,12H,2-3,6,8H2,1H3. The first-order chi connectivity index (χ1) is 6.84. The lowest BCUT2D eigenvalue weighted by Gasteiger charge is -2.21. The van der Waals surface area contributed by atoms with Crippen molar-refractivity contribution in [3.8, 4) is 0 Å². The quantitative estimate of drug-likeness (QED) is 0.807. The third kappa shape index (κ3) is 2.72. The molecule has 2 heterocycles. The molecule has 1 aliphatic rings. The summed E-state index contributed by atoms with van der Waals surface area (Å²) in [5.41, 5.74) is 1.23. The Hall–Kier alpha value is -0.540. The van der Waals surface area contributed by atoms with E-state index in [0.717, 1.165) is 11.6 Å². The largest absolute Gasteiger partial charge is 0.316 e. The van der Waals surface area contributed by atoms with Crippen LogP contribution >= 0.6 is 11.8 Å². The number of hydrogen-bond donors (Lipinski definition) is 1. The van der Waals surface area contributed by atoms with Gasteiger partial charge in [-0.2, -0.15) is 0 Å². The number of pyridine rings is 1. The van der Waals surface area contributed by atoms with Gasteiger partial charge in [0.2, 0.25) is 0 Å². The molecule has 1 atom stereocenters. The van der Waals surface area contributed by atoms with E-state index in [1.165, 1.54) is 24.9 Å². The van der Waals surface area contributed by atoms with Crippen LogP contribution in [0.4, 0.5) is 0 Å². The number of aromatic nitrogens is 1. The molecule has 0 aromatic carbocycles. The van der Waals surface area contributed by atoms with Crippen molar-refractivity contribution in [2.24, 2.45) is 0 Å². The maximum atomic E-state index is 4.41. The molecule has 1 aromatic heterocycles. The van der Waals surface area contributed by atoms with Crippen molar-refractivity contribution in [1.82, 2.24) is 10.3 Å². The van der Waals surface area contributed by atoms with Crippen LogP contribution in [0.25, 0.3) is 0 Å². The van der Waals surface area contributed by atoms with Gasteiger partial charge >= 0.3 is 0 Å². The molecule has 76 valence electrons. The van der Waals surface area contributed by atoms with Gasteiger partial charge in [0.05, 0.1) is 5.03 Å². The van der Waals surface area contributed by atoms with Crippen LogP contribution in [-0.4, -0.2) is 23.3 Å². The Kier molecular flexibility index (Phi) is 3.43. The zero-order valence-corrected chi connectivity index (χ0v) is 9.31. The second-order valence-corrected chi connectivity index (χ2v) is 5.08. The van der Waals surface area contributed by atoms with Gasteiger partial charge < -0.3 is 5.32 Å². The Morgan fingerprint density at radius 3 is 3.07 bits per heavy atom. The SMILES string of the molecule is Cc1ccc(SC2CCCNC2)nc1. The summed E-state index contributed by atoms with van der Waals surface area (Å²) in [5.74, 6) is 0. The molecule has 0 bridgehead atoms. The first-order valence-corrected chi connectivity index (χ1v) is 6.02. The molecule has 1 aromatic rings. The lowest BCUT2D eigenvalue weighted by atomic mass is 10.2. The Labute approximate surface area is 89.5 Å². The van der Waals surface area contributed by atoms with Crippen molar-refractivity contribution in [2.75, 3.05) is 13.1 Å². The van der Waals surface area contributed by atoms with Crippen LogP contribution in [0.3, 0.4) is 0 Å². The number of nitrogens with zero attached hydrogens (tertiary/aromatic N) is 1. The molecule has 2 rings (SSSR count). The molecule has 1 aliphatic heterocycles. The van der Waals surface area contributed by atoms with Gasteiger partial charge in [-0.15, -0.1) is 11.8 Å². The highest BCUT2D eigenvalue weighted by atomic mass is 32.2. The summed E-state index contributed by atoms with van der Waals surface area (Å²) in [6.07, 6.45) is 4.55. The van der Waals surface area contributed by atoms with Crippen molar-refractivity contribution in [3.05, 3.63) is 23.9 Å². The Morgan fingerprint density at radius 1 is 1.50 bits per heavy atom. The molecule has 0 saturated carbocycles. The molecule has 2 nitrogen and oxygen atoms in total. The molecule has 14 heavy (non-hydrogen) atoms. The van der Waals surface area contributed by atoms with Crippen LogP contribution in [0.2, 0.25) is 0 Å². The summed E-state index contributed by atoms with van der Waals surface area (Å²) in [6, 6.07) is 4.25. The fourth-order valence-corrected chi connectivity index (χ4v) is 2.70. The van der Waals surface area contributed by atoms with Gasteiger partial charge in [-0.25, -0.2) is 4.98 Å². The van der Waals surface area contributed by atoms with Crippen molar-refractivity contribution in [3.63, 3.8) is 0 Å². The molecular formula is C11H16N2S. The molecule has 1 fully saturated rings. The monoisotopic (exact) mass is 208 g/mol. The van der Waals surface area contributed by atoms with Crippen LogP contribution in [0, 0.1) is 6.92 Å². The van der Waals surface area contributed by atoms with Gasteiger partial charge in [0, 0.05) is 18.0 Å². The van der Waals surface area contributed by atoms with E-state index < -0.39 is 0 Å². The maximum Gasteiger partial charge on any atom is 0.0963 e. The minimum Gasteiger partial charge on any atom is -0.316 e. The number of thioether (sulfide) groups is 1. The fraction of sp³-hybridized carbons (Fsp3) is 0.545. The first kappa shape index (κ1) is 9.99. The normalized spacial score (nSPS) is 22.2. The van der Waals surface area contributed by atoms with Crippen LogP contribution in [0.15, 0.2) is 23.4 Å². The van der Waals surface area contributed by atoms with Crippen LogP contribution < -0.4 is 5.32 Å². The minimum absolute atomic E-state index is 0.707. The van der Waals surface area contributed by atoms with E-state index in [1.807, 2.05) is 18.0 Å². The minimum atomic E-state index is 0.707. The summed E-state index contributed by atoms with van der Waals surface area (Å²) >= 11 is 1.90. The third-order valence-corrected chi connectivity index (χ3v) is 3.64. The lowest BCUT2D eigenvalue weighted by Crippen LogP contribution is -2.31. The predicted molar refractivity (Wildman–Crippen MR) is 60.7 cm³/mol. The van der Waals surface area contributed by atoms with Crippen molar-refractivity contribution in [1.29, 1.82) is 0 Å². The van der Waals surface area contributed by atoms with Gasteiger partial charge in [-0.3, -0.25) is 0 Å². The van der Waals surface area contributed by atoms with E-state index in [4.69, 9.17) is 0 Å². The van der Waals surface area contributed by atoms with Gasteiger partial charge in [-0.1, -0.05) is 6.07 Å². The van der Waals surface area contributed by atoms with Crippen LogP contribution in [-0.2, 0) is 0 Å². The average Bonchev–Trinajstić information content (AvgIpc) is 2.23. The summed E-state index contributed by atoms with van der Waals surface area (Å²) in [5, 5.41) is 5.28. The number of rotatable bonds is 2. The number of nitrogens with one attached hydrogen (secondary N) is 1. The summed E-state index contributed by atoms with van der Waals surface area (Å²) in [6.45, 7) is 4.38. The van der Waals surface area contributed by atoms with E-state index in [-0.39, 0.29) is 0 Å². The van der Waals surface area contributed by atoms with Crippen LogP contribution in [0.1, 0.15) is 18.4 Å². The fourth-order valence-electron chi connectivity index (χ4n) is 1.62. The smallest absolute Gasteiger partial charge is 0.0963 e. The molecule has 0 aliphatic carbocycles. The van der Waals surface area contributed by atoms with E-state index >= 15 is 0 Å². The predicted octanol–water partition coefficient (Wildman–Crippen LogP) is 2.23. The molecule has 0 amide bonds. The molecule has 0 spiro atoms.